The van der Waals surface area contributed by atoms with Gasteiger partial charge in [-0.25, -0.2) is 4.79 Å². The molecule has 0 saturated heterocycles. The molecule has 0 aliphatic carbocycles. The molecule has 240 valence electrons. The molecule has 0 aliphatic heterocycles. The number of carboxylic acid groups (broad SMARTS) is 1. The fourth-order valence-corrected chi connectivity index (χ4v) is 5.35. The van der Waals surface area contributed by atoms with Gasteiger partial charge in [0.05, 0.1) is 15.6 Å². The Morgan fingerprint density at radius 2 is 1.36 bits per heavy atom. The summed E-state index contributed by atoms with van der Waals surface area (Å²) in [6.07, 6.45) is 0.110. The van der Waals surface area contributed by atoms with E-state index >= 15 is 0 Å². The molecule has 0 saturated carbocycles. The number of carboxylic acids is 1. The highest BCUT2D eigenvalue weighted by atomic mass is 35.5. The van der Waals surface area contributed by atoms with Crippen molar-refractivity contribution in [1.29, 1.82) is 0 Å². The average Bonchev–Trinajstić information content (AvgIpc) is 3.06. The SMILES string of the molecule is CC(C)(C)c1ccc(CNc2ccc(Oc3ccc(Cl)c(Cl)c3)cc2C(=O)NC(Cc2ccc(-c3ccccc3)cc2)C(=O)O)cc1. The van der Waals surface area contributed by atoms with Gasteiger partial charge in [-0.15, -0.1) is 0 Å². The average molecular weight is 668 g/mol. The number of rotatable bonds is 11. The Hall–Kier alpha value is -4.78. The molecular weight excluding hydrogens is 631 g/mol. The molecule has 3 N–H and O–H groups in total. The quantitative estimate of drug-likeness (QED) is 0.131. The third kappa shape index (κ3) is 8.94. The number of carbonyl (C=O) groups is 2. The van der Waals surface area contributed by atoms with Crippen LogP contribution in [0.3, 0.4) is 0 Å². The summed E-state index contributed by atoms with van der Waals surface area (Å²) in [6, 6.07) is 34.7. The van der Waals surface area contributed by atoms with Gasteiger partial charge in [0.1, 0.15) is 17.5 Å². The van der Waals surface area contributed by atoms with Crippen LogP contribution in [0.1, 0.15) is 47.8 Å². The van der Waals surface area contributed by atoms with Gasteiger partial charge in [-0.1, -0.05) is 123 Å². The molecule has 0 fully saturated rings. The highest BCUT2D eigenvalue weighted by Crippen LogP contribution is 2.32. The van der Waals surface area contributed by atoms with Crippen molar-refractivity contribution in [3.05, 3.63) is 148 Å². The van der Waals surface area contributed by atoms with Crippen molar-refractivity contribution in [1.82, 2.24) is 5.32 Å². The number of ether oxygens (including phenoxy) is 1. The van der Waals surface area contributed by atoms with Gasteiger partial charge in [-0.3, -0.25) is 4.79 Å². The highest BCUT2D eigenvalue weighted by molar-refractivity contribution is 6.42. The molecule has 6 nitrogen and oxygen atoms in total. The molecule has 0 bridgehead atoms. The van der Waals surface area contributed by atoms with E-state index in [1.807, 2.05) is 54.6 Å². The van der Waals surface area contributed by atoms with Gasteiger partial charge in [0.25, 0.3) is 5.91 Å². The molecule has 0 aromatic heterocycles. The Balaban J connectivity index is 1.37. The molecule has 0 radical (unpaired) electrons. The van der Waals surface area contributed by atoms with Gasteiger partial charge in [-0.05, 0) is 63.6 Å². The third-order valence-electron chi connectivity index (χ3n) is 7.77. The summed E-state index contributed by atoms with van der Waals surface area (Å²) in [7, 11) is 0. The van der Waals surface area contributed by atoms with E-state index < -0.39 is 17.9 Å². The van der Waals surface area contributed by atoms with Crippen LogP contribution in [0.25, 0.3) is 11.1 Å². The largest absolute Gasteiger partial charge is 0.480 e. The first-order chi connectivity index (χ1) is 22.5. The van der Waals surface area contributed by atoms with E-state index in [0.717, 1.165) is 22.3 Å². The van der Waals surface area contributed by atoms with E-state index in [1.165, 1.54) is 5.56 Å². The Bertz CT molecular complexity index is 1850. The van der Waals surface area contributed by atoms with Crippen molar-refractivity contribution in [3.63, 3.8) is 0 Å². The summed E-state index contributed by atoms with van der Waals surface area (Å²) in [5.41, 5.74) is 5.92. The lowest BCUT2D eigenvalue weighted by Crippen LogP contribution is -2.42. The van der Waals surface area contributed by atoms with Crippen LogP contribution >= 0.6 is 23.2 Å². The summed E-state index contributed by atoms with van der Waals surface area (Å²) in [6.45, 7) is 6.94. The molecule has 5 aromatic carbocycles. The lowest BCUT2D eigenvalue weighted by atomic mass is 9.87. The number of amides is 1. The summed E-state index contributed by atoms with van der Waals surface area (Å²) in [5, 5.41) is 16.9. The number of hydrogen-bond acceptors (Lipinski definition) is 4. The van der Waals surface area contributed by atoms with Crippen LogP contribution in [0.15, 0.2) is 115 Å². The summed E-state index contributed by atoms with van der Waals surface area (Å²) in [4.78, 5) is 26.1. The standard InChI is InChI=1S/C39H36Cl2N2O4/c1-39(2,3)29-15-11-26(12-16-29)24-42-35-20-18-30(47-31-17-19-33(40)34(41)23-31)22-32(35)37(44)43-36(38(45)46)21-25-9-13-28(14-10-25)27-7-5-4-6-8-27/h4-20,22-23,36,42H,21,24H2,1-3H3,(H,43,44)(H,45,46). The number of hydrogen-bond donors (Lipinski definition) is 3. The van der Waals surface area contributed by atoms with Crippen LogP contribution in [0.4, 0.5) is 5.69 Å². The Kier molecular flexibility index (Phi) is 10.5. The summed E-state index contributed by atoms with van der Waals surface area (Å²) in [5.74, 6) is -0.879. The number of carbonyl (C=O) groups excluding carboxylic acids is 1. The zero-order chi connectivity index (χ0) is 33.6. The van der Waals surface area contributed by atoms with Crippen molar-refractivity contribution in [3.8, 4) is 22.6 Å². The molecule has 0 aliphatic rings. The van der Waals surface area contributed by atoms with E-state index in [-0.39, 0.29) is 17.4 Å². The van der Waals surface area contributed by atoms with E-state index in [0.29, 0.717) is 33.8 Å². The van der Waals surface area contributed by atoms with Gasteiger partial charge in [0, 0.05) is 24.7 Å². The van der Waals surface area contributed by atoms with Crippen molar-refractivity contribution in [2.45, 2.75) is 45.2 Å². The van der Waals surface area contributed by atoms with Crippen molar-refractivity contribution in [2.24, 2.45) is 0 Å². The van der Waals surface area contributed by atoms with E-state index in [1.54, 1.807) is 36.4 Å². The number of aliphatic carboxylic acids is 1. The van der Waals surface area contributed by atoms with E-state index in [2.05, 4.69) is 55.7 Å². The molecule has 0 heterocycles. The number of nitrogens with one attached hydrogen (secondary N) is 2. The predicted octanol–water partition coefficient (Wildman–Crippen LogP) is 9.79. The topological polar surface area (TPSA) is 87.7 Å². The summed E-state index contributed by atoms with van der Waals surface area (Å²) < 4.78 is 6.00. The van der Waals surface area contributed by atoms with Crippen LogP contribution in [0.2, 0.25) is 10.0 Å². The first-order valence-corrected chi connectivity index (χ1v) is 16.0. The second-order valence-corrected chi connectivity index (χ2v) is 13.1. The zero-order valence-corrected chi connectivity index (χ0v) is 27.9. The molecular formula is C39H36Cl2N2O4. The minimum atomic E-state index is -1.16. The van der Waals surface area contributed by atoms with Crippen LogP contribution in [0, 0.1) is 0 Å². The molecule has 1 amide bonds. The van der Waals surface area contributed by atoms with Gasteiger partial charge in [0.2, 0.25) is 0 Å². The monoisotopic (exact) mass is 666 g/mol. The van der Waals surface area contributed by atoms with Gasteiger partial charge in [0.15, 0.2) is 0 Å². The first-order valence-electron chi connectivity index (χ1n) is 15.2. The van der Waals surface area contributed by atoms with Crippen molar-refractivity contribution in [2.75, 3.05) is 5.32 Å². The fraction of sp³-hybridized carbons (Fsp3) is 0.179. The number of halogens is 2. The van der Waals surface area contributed by atoms with E-state index in [4.69, 9.17) is 27.9 Å². The maximum absolute atomic E-state index is 13.8. The first kappa shape index (κ1) is 33.6. The lowest BCUT2D eigenvalue weighted by molar-refractivity contribution is -0.139. The Morgan fingerprint density at radius 3 is 2.00 bits per heavy atom. The number of anilines is 1. The maximum atomic E-state index is 13.8. The maximum Gasteiger partial charge on any atom is 0.326 e. The number of benzene rings is 5. The molecule has 47 heavy (non-hydrogen) atoms. The molecule has 1 unspecified atom stereocenters. The minimum Gasteiger partial charge on any atom is -0.480 e. The van der Waals surface area contributed by atoms with Crippen LogP contribution in [0.5, 0.6) is 11.5 Å². The second-order valence-electron chi connectivity index (χ2n) is 12.3. The second kappa shape index (κ2) is 14.8. The molecule has 8 heteroatoms. The minimum absolute atomic E-state index is 0.0337. The van der Waals surface area contributed by atoms with Gasteiger partial charge >= 0.3 is 5.97 Å². The smallest absolute Gasteiger partial charge is 0.326 e. The van der Waals surface area contributed by atoms with E-state index in [9.17, 15) is 14.7 Å². The van der Waals surface area contributed by atoms with Crippen LogP contribution in [-0.2, 0) is 23.2 Å². The molecule has 0 spiro atoms. The molecule has 5 rings (SSSR count). The predicted molar refractivity (Wildman–Crippen MR) is 190 cm³/mol. The normalized spacial score (nSPS) is 11.9. The summed E-state index contributed by atoms with van der Waals surface area (Å²) >= 11 is 12.2. The van der Waals surface area contributed by atoms with Crippen LogP contribution in [-0.4, -0.2) is 23.0 Å². The molecule has 5 aromatic rings. The van der Waals surface area contributed by atoms with Crippen molar-refractivity contribution >= 4 is 40.8 Å². The fourth-order valence-electron chi connectivity index (χ4n) is 5.06. The lowest BCUT2D eigenvalue weighted by Gasteiger charge is -2.20. The van der Waals surface area contributed by atoms with Crippen molar-refractivity contribution < 1.29 is 19.4 Å². The Labute approximate surface area is 285 Å². The zero-order valence-electron chi connectivity index (χ0n) is 26.4. The highest BCUT2D eigenvalue weighted by Gasteiger charge is 2.23. The Morgan fingerprint density at radius 1 is 0.745 bits per heavy atom. The third-order valence-corrected chi connectivity index (χ3v) is 8.51. The van der Waals surface area contributed by atoms with Gasteiger partial charge in [-0.2, -0.15) is 0 Å². The molecule has 1 atom stereocenters. The van der Waals surface area contributed by atoms with Crippen LogP contribution < -0.4 is 15.4 Å². The van der Waals surface area contributed by atoms with Gasteiger partial charge < -0.3 is 20.5 Å².